The number of aromatic nitrogens is 1. The van der Waals surface area contributed by atoms with E-state index in [4.69, 9.17) is 4.74 Å². The van der Waals surface area contributed by atoms with Crippen LogP contribution in [0.4, 0.5) is 30.7 Å². The SMILES string of the molecule is COc1nc2cc(C(C)(F)F)ccc2cc1C(=O)Oc1c(F)c(F)c(F)c(F)c1F. The molecule has 4 nitrogen and oxygen atoms in total. The first-order chi connectivity index (χ1) is 14.0. The first kappa shape index (κ1) is 21.3. The highest BCUT2D eigenvalue weighted by Gasteiger charge is 2.30. The van der Waals surface area contributed by atoms with Gasteiger partial charge in [-0.3, -0.25) is 0 Å². The third-order valence-corrected chi connectivity index (χ3v) is 4.07. The Balaban J connectivity index is 2.08. The number of esters is 1. The molecule has 0 saturated carbocycles. The quantitative estimate of drug-likeness (QED) is 0.185. The molecule has 0 aliphatic heterocycles. The number of ether oxygens (including phenoxy) is 2. The molecule has 1 aromatic heterocycles. The van der Waals surface area contributed by atoms with Crippen LogP contribution in [0.3, 0.4) is 0 Å². The molecule has 2 aromatic carbocycles. The number of fused-ring (bicyclic) bond motifs is 1. The fourth-order valence-corrected chi connectivity index (χ4v) is 2.55. The lowest BCUT2D eigenvalue weighted by Crippen LogP contribution is -2.15. The topological polar surface area (TPSA) is 48.4 Å². The van der Waals surface area contributed by atoms with Crippen molar-refractivity contribution in [2.24, 2.45) is 0 Å². The van der Waals surface area contributed by atoms with Crippen LogP contribution >= 0.6 is 0 Å². The summed E-state index contributed by atoms with van der Waals surface area (Å²) >= 11 is 0. The number of carbonyl (C=O) groups excluding carboxylic acids is 1. The van der Waals surface area contributed by atoms with Crippen LogP contribution in [-0.2, 0) is 5.92 Å². The Kier molecular flexibility index (Phi) is 5.31. The Morgan fingerprint density at radius 3 is 2.03 bits per heavy atom. The summed E-state index contributed by atoms with van der Waals surface area (Å²) in [6.07, 6.45) is 0. The first-order valence-electron chi connectivity index (χ1n) is 8.06. The van der Waals surface area contributed by atoms with Gasteiger partial charge in [-0.25, -0.2) is 31.7 Å². The molecule has 0 aliphatic rings. The monoisotopic (exact) mass is 433 g/mol. The average Bonchev–Trinajstić information content (AvgIpc) is 2.71. The van der Waals surface area contributed by atoms with Gasteiger partial charge in [0.15, 0.2) is 0 Å². The van der Waals surface area contributed by atoms with E-state index in [1.807, 2.05) is 0 Å². The number of methoxy groups -OCH3 is 1. The van der Waals surface area contributed by atoms with Gasteiger partial charge in [-0.15, -0.1) is 0 Å². The highest BCUT2D eigenvalue weighted by molar-refractivity contribution is 5.97. The summed E-state index contributed by atoms with van der Waals surface area (Å²) in [5, 5.41) is 0.146. The maximum absolute atomic E-state index is 13.8. The van der Waals surface area contributed by atoms with Gasteiger partial charge in [0.25, 0.3) is 5.92 Å². The lowest BCUT2D eigenvalue weighted by atomic mass is 10.1. The number of pyridine rings is 1. The van der Waals surface area contributed by atoms with Crippen molar-refractivity contribution in [3.63, 3.8) is 0 Å². The Morgan fingerprint density at radius 2 is 1.50 bits per heavy atom. The summed E-state index contributed by atoms with van der Waals surface area (Å²) in [7, 11) is 1.06. The molecule has 0 amide bonds. The number of rotatable bonds is 4. The van der Waals surface area contributed by atoms with E-state index in [1.165, 1.54) is 6.07 Å². The van der Waals surface area contributed by atoms with Crippen molar-refractivity contribution in [2.75, 3.05) is 7.11 Å². The molecule has 3 aromatic rings. The number of halogens is 7. The smallest absolute Gasteiger partial charge is 0.349 e. The molecule has 1 heterocycles. The number of alkyl halides is 2. The van der Waals surface area contributed by atoms with Crippen LogP contribution in [0.5, 0.6) is 11.6 Å². The summed E-state index contributed by atoms with van der Waals surface area (Å²) < 4.78 is 103. The zero-order valence-corrected chi connectivity index (χ0v) is 15.1. The van der Waals surface area contributed by atoms with Gasteiger partial charge in [-0.05, 0) is 12.1 Å². The predicted molar refractivity (Wildman–Crippen MR) is 89.1 cm³/mol. The van der Waals surface area contributed by atoms with Crippen LogP contribution in [0.15, 0.2) is 24.3 Å². The Morgan fingerprint density at radius 1 is 0.933 bits per heavy atom. The van der Waals surface area contributed by atoms with Gasteiger partial charge in [0.2, 0.25) is 40.7 Å². The van der Waals surface area contributed by atoms with Crippen LogP contribution in [-0.4, -0.2) is 18.1 Å². The zero-order valence-electron chi connectivity index (χ0n) is 15.1. The van der Waals surface area contributed by atoms with E-state index < -0.39 is 58.2 Å². The van der Waals surface area contributed by atoms with Crippen molar-refractivity contribution >= 4 is 16.9 Å². The van der Waals surface area contributed by atoms with Crippen molar-refractivity contribution in [3.8, 4) is 11.6 Å². The maximum Gasteiger partial charge on any atom is 0.349 e. The normalized spacial score (nSPS) is 11.6. The van der Waals surface area contributed by atoms with E-state index in [-0.39, 0.29) is 16.5 Å². The van der Waals surface area contributed by atoms with E-state index in [1.54, 1.807) is 0 Å². The molecule has 11 heteroatoms. The van der Waals surface area contributed by atoms with Crippen LogP contribution in [0.25, 0.3) is 10.9 Å². The summed E-state index contributed by atoms with van der Waals surface area (Å²) in [5.74, 6) is -18.7. The third kappa shape index (κ3) is 3.62. The minimum atomic E-state index is -3.17. The predicted octanol–water partition coefficient (Wildman–Crippen LogP) is 5.27. The molecule has 3 rings (SSSR count). The zero-order chi connectivity index (χ0) is 22.4. The standard InChI is InChI=1S/C19H10F7NO3/c1-19(25,26)8-4-3-7-5-9(17(29-2)27-10(7)6-8)18(28)30-16-14(23)12(21)11(20)13(22)15(16)24/h3-6H,1-2H3. The summed E-state index contributed by atoms with van der Waals surface area (Å²) in [6, 6.07) is 4.35. The number of nitrogens with zero attached hydrogens (tertiary/aromatic N) is 1. The van der Waals surface area contributed by atoms with Crippen LogP contribution in [0, 0.1) is 29.1 Å². The summed E-state index contributed by atoms with van der Waals surface area (Å²) in [4.78, 5) is 16.2. The summed E-state index contributed by atoms with van der Waals surface area (Å²) in [5.41, 5.74) is -0.912. The molecule has 0 fully saturated rings. The van der Waals surface area contributed by atoms with Gasteiger partial charge in [0.1, 0.15) is 5.56 Å². The highest BCUT2D eigenvalue weighted by Crippen LogP contribution is 2.33. The largest absolute Gasteiger partial charge is 0.480 e. The molecule has 0 saturated heterocycles. The third-order valence-electron chi connectivity index (χ3n) is 4.07. The van der Waals surface area contributed by atoms with Gasteiger partial charge < -0.3 is 9.47 Å². The summed E-state index contributed by atoms with van der Waals surface area (Å²) in [6.45, 7) is 0.668. The fourth-order valence-electron chi connectivity index (χ4n) is 2.55. The molecule has 0 atom stereocenters. The average molecular weight is 433 g/mol. The Bertz CT molecular complexity index is 1150. The minimum Gasteiger partial charge on any atom is -0.480 e. The maximum atomic E-state index is 13.8. The number of benzene rings is 2. The number of hydrogen-bond donors (Lipinski definition) is 0. The molecule has 0 bridgehead atoms. The van der Waals surface area contributed by atoms with Crippen LogP contribution in [0.1, 0.15) is 22.8 Å². The molecule has 0 aliphatic carbocycles. The molecular weight excluding hydrogens is 423 g/mol. The van der Waals surface area contributed by atoms with E-state index >= 15 is 0 Å². The van der Waals surface area contributed by atoms with Crippen molar-refractivity contribution in [1.29, 1.82) is 0 Å². The number of hydrogen-bond acceptors (Lipinski definition) is 4. The molecule has 0 radical (unpaired) electrons. The minimum absolute atomic E-state index is 0.00124. The Labute approximate surface area is 163 Å². The van der Waals surface area contributed by atoms with Crippen LogP contribution < -0.4 is 9.47 Å². The van der Waals surface area contributed by atoms with Gasteiger partial charge in [-0.1, -0.05) is 12.1 Å². The van der Waals surface area contributed by atoms with Gasteiger partial charge >= 0.3 is 5.97 Å². The molecule has 0 unspecified atom stereocenters. The Hall–Kier alpha value is -3.37. The van der Waals surface area contributed by atoms with Crippen molar-refractivity contribution in [1.82, 2.24) is 4.98 Å². The van der Waals surface area contributed by atoms with Crippen LogP contribution in [0.2, 0.25) is 0 Å². The van der Waals surface area contributed by atoms with Gasteiger partial charge in [0.05, 0.1) is 12.6 Å². The van der Waals surface area contributed by atoms with E-state index in [0.717, 1.165) is 25.3 Å². The molecule has 0 spiro atoms. The van der Waals surface area contributed by atoms with Crippen molar-refractivity contribution < 1.29 is 45.0 Å². The highest BCUT2D eigenvalue weighted by atomic mass is 19.3. The lowest BCUT2D eigenvalue weighted by Gasteiger charge is -2.13. The van der Waals surface area contributed by atoms with E-state index in [0.29, 0.717) is 6.92 Å². The second-order valence-electron chi connectivity index (χ2n) is 6.13. The van der Waals surface area contributed by atoms with E-state index in [9.17, 15) is 35.5 Å². The van der Waals surface area contributed by atoms with E-state index in [2.05, 4.69) is 9.72 Å². The molecule has 158 valence electrons. The lowest BCUT2D eigenvalue weighted by molar-refractivity contribution is 0.0176. The van der Waals surface area contributed by atoms with Gasteiger partial charge in [0, 0.05) is 17.9 Å². The fraction of sp³-hybridized carbons (Fsp3) is 0.158. The second kappa shape index (κ2) is 7.47. The molecule has 0 N–H and O–H groups in total. The second-order valence-corrected chi connectivity index (χ2v) is 6.13. The van der Waals surface area contributed by atoms with Crippen molar-refractivity contribution in [2.45, 2.75) is 12.8 Å². The molecular formula is C19H10F7NO3. The first-order valence-corrected chi connectivity index (χ1v) is 8.06. The number of carbonyl (C=O) groups is 1. The van der Waals surface area contributed by atoms with Gasteiger partial charge in [-0.2, -0.15) is 8.78 Å². The van der Waals surface area contributed by atoms with Crippen molar-refractivity contribution in [3.05, 3.63) is 64.5 Å². The molecule has 30 heavy (non-hydrogen) atoms.